The van der Waals surface area contributed by atoms with Crippen LogP contribution in [0.4, 0.5) is 0 Å². The Kier molecular flexibility index (Phi) is 5.15. The fraction of sp³-hybridized carbons (Fsp3) is 0.364. The quantitative estimate of drug-likeness (QED) is 0.883. The van der Waals surface area contributed by atoms with Gasteiger partial charge in [-0.3, -0.25) is 14.6 Å². The highest BCUT2D eigenvalue weighted by atomic mass is 16.5. The Morgan fingerprint density at radius 3 is 2.21 bits per heavy atom. The molecule has 146 valence electrons. The normalized spacial score (nSPS) is 21.7. The van der Waals surface area contributed by atoms with E-state index in [4.69, 9.17) is 4.74 Å². The standard InChI is InChI=1S/C22H24N2O4/c25-20(18-9-5-2-6-10-18)24-19(21(26)27)16-28-22(24)11-13-23(14-12-22)15-17-7-3-1-4-8-17/h1-10,19H,11-16H2,(H,26,27)/t19-/m0/s1. The van der Waals surface area contributed by atoms with Gasteiger partial charge in [0, 0.05) is 38.0 Å². The van der Waals surface area contributed by atoms with Crippen molar-refractivity contribution in [3.8, 4) is 0 Å². The summed E-state index contributed by atoms with van der Waals surface area (Å²) < 4.78 is 6.01. The van der Waals surface area contributed by atoms with E-state index in [2.05, 4.69) is 17.0 Å². The molecule has 0 aliphatic carbocycles. The van der Waals surface area contributed by atoms with Crippen molar-refractivity contribution in [1.29, 1.82) is 0 Å². The molecule has 0 radical (unpaired) electrons. The predicted octanol–water partition coefficient (Wildman–Crippen LogP) is 2.60. The second-order valence-electron chi connectivity index (χ2n) is 7.41. The number of amides is 1. The second kappa shape index (κ2) is 7.73. The van der Waals surface area contributed by atoms with E-state index in [1.807, 2.05) is 24.3 Å². The fourth-order valence-corrected chi connectivity index (χ4v) is 4.18. The van der Waals surface area contributed by atoms with Crippen LogP contribution in [-0.2, 0) is 16.1 Å². The molecular weight excluding hydrogens is 356 g/mol. The third-order valence-corrected chi connectivity index (χ3v) is 5.67. The minimum absolute atomic E-state index is 0.0343. The maximum Gasteiger partial charge on any atom is 0.328 e. The lowest BCUT2D eigenvalue weighted by molar-refractivity contribution is -0.144. The van der Waals surface area contributed by atoms with Gasteiger partial charge in [-0.05, 0) is 17.7 Å². The highest BCUT2D eigenvalue weighted by molar-refractivity contribution is 5.97. The second-order valence-corrected chi connectivity index (χ2v) is 7.41. The van der Waals surface area contributed by atoms with Gasteiger partial charge in [0.15, 0.2) is 6.04 Å². The van der Waals surface area contributed by atoms with Gasteiger partial charge < -0.3 is 9.84 Å². The van der Waals surface area contributed by atoms with Crippen molar-refractivity contribution in [2.75, 3.05) is 19.7 Å². The maximum absolute atomic E-state index is 13.2. The van der Waals surface area contributed by atoms with Crippen molar-refractivity contribution in [3.05, 3.63) is 71.8 Å². The fourth-order valence-electron chi connectivity index (χ4n) is 4.18. The van der Waals surface area contributed by atoms with Crippen molar-refractivity contribution in [1.82, 2.24) is 9.80 Å². The first-order chi connectivity index (χ1) is 13.6. The first-order valence-electron chi connectivity index (χ1n) is 9.61. The van der Waals surface area contributed by atoms with Crippen LogP contribution in [0.15, 0.2) is 60.7 Å². The smallest absolute Gasteiger partial charge is 0.328 e. The summed E-state index contributed by atoms with van der Waals surface area (Å²) >= 11 is 0. The Bertz CT molecular complexity index is 832. The number of rotatable bonds is 4. The van der Waals surface area contributed by atoms with Crippen molar-refractivity contribution in [2.24, 2.45) is 0 Å². The summed E-state index contributed by atoms with van der Waals surface area (Å²) in [5, 5.41) is 9.66. The highest BCUT2D eigenvalue weighted by Gasteiger charge is 2.53. The first-order valence-corrected chi connectivity index (χ1v) is 9.61. The zero-order valence-electron chi connectivity index (χ0n) is 15.7. The van der Waals surface area contributed by atoms with Gasteiger partial charge in [-0.1, -0.05) is 48.5 Å². The molecule has 1 atom stereocenters. The van der Waals surface area contributed by atoms with E-state index >= 15 is 0 Å². The molecule has 0 unspecified atom stereocenters. The molecule has 2 aliphatic heterocycles. The third-order valence-electron chi connectivity index (χ3n) is 5.67. The summed E-state index contributed by atoms with van der Waals surface area (Å²) in [4.78, 5) is 28.8. The van der Waals surface area contributed by atoms with Gasteiger partial charge in [-0.15, -0.1) is 0 Å². The number of ether oxygens (including phenoxy) is 1. The van der Waals surface area contributed by atoms with Crippen LogP contribution in [0.2, 0.25) is 0 Å². The van der Waals surface area contributed by atoms with E-state index in [1.165, 1.54) is 10.5 Å². The van der Waals surface area contributed by atoms with Crippen molar-refractivity contribution < 1.29 is 19.4 Å². The van der Waals surface area contributed by atoms with Gasteiger partial charge in [-0.25, -0.2) is 4.79 Å². The van der Waals surface area contributed by atoms with Gasteiger partial charge >= 0.3 is 5.97 Å². The van der Waals surface area contributed by atoms with E-state index in [-0.39, 0.29) is 12.5 Å². The van der Waals surface area contributed by atoms with Crippen LogP contribution in [0.25, 0.3) is 0 Å². The van der Waals surface area contributed by atoms with Crippen LogP contribution in [0, 0.1) is 0 Å². The molecule has 2 aromatic rings. The van der Waals surface area contributed by atoms with Gasteiger partial charge in [0.25, 0.3) is 5.91 Å². The summed E-state index contributed by atoms with van der Waals surface area (Å²) in [5.74, 6) is -1.30. The van der Waals surface area contributed by atoms with E-state index in [1.54, 1.807) is 24.3 Å². The van der Waals surface area contributed by atoms with E-state index < -0.39 is 17.7 Å². The lowest BCUT2D eigenvalue weighted by Crippen LogP contribution is -2.58. The average Bonchev–Trinajstić information content (AvgIpc) is 3.10. The number of carboxylic acid groups (broad SMARTS) is 1. The molecule has 28 heavy (non-hydrogen) atoms. The number of carboxylic acids is 1. The summed E-state index contributed by atoms with van der Waals surface area (Å²) in [7, 11) is 0. The van der Waals surface area contributed by atoms with Crippen LogP contribution >= 0.6 is 0 Å². The van der Waals surface area contributed by atoms with Crippen LogP contribution < -0.4 is 0 Å². The minimum atomic E-state index is -1.02. The predicted molar refractivity (Wildman–Crippen MR) is 104 cm³/mol. The molecule has 0 aromatic heterocycles. The molecule has 1 N–H and O–H groups in total. The number of carbonyl (C=O) groups is 2. The van der Waals surface area contributed by atoms with E-state index in [0.29, 0.717) is 18.4 Å². The molecule has 6 nitrogen and oxygen atoms in total. The lowest BCUT2D eigenvalue weighted by Gasteiger charge is -2.44. The monoisotopic (exact) mass is 380 g/mol. The minimum Gasteiger partial charge on any atom is -0.480 e. The van der Waals surface area contributed by atoms with Gasteiger partial charge in [0.2, 0.25) is 0 Å². The topological polar surface area (TPSA) is 70.1 Å². The molecule has 0 saturated carbocycles. The molecule has 6 heteroatoms. The van der Waals surface area contributed by atoms with E-state index in [9.17, 15) is 14.7 Å². The summed E-state index contributed by atoms with van der Waals surface area (Å²) in [6, 6.07) is 18.2. The SMILES string of the molecule is O=C(O)[C@@H]1COC2(CCN(Cc3ccccc3)CC2)N1C(=O)c1ccccc1. The van der Waals surface area contributed by atoms with Crippen molar-refractivity contribution in [3.63, 3.8) is 0 Å². The zero-order chi connectivity index (χ0) is 19.6. The zero-order valence-corrected chi connectivity index (χ0v) is 15.7. The van der Waals surface area contributed by atoms with Gasteiger partial charge in [-0.2, -0.15) is 0 Å². The molecule has 2 aliphatic rings. The maximum atomic E-state index is 13.2. The summed E-state index contributed by atoms with van der Waals surface area (Å²) in [5.41, 5.74) is 0.889. The molecule has 2 heterocycles. The molecule has 2 fully saturated rings. The van der Waals surface area contributed by atoms with Crippen molar-refractivity contribution >= 4 is 11.9 Å². The summed E-state index contributed by atoms with van der Waals surface area (Å²) in [6.07, 6.45) is 1.20. The Balaban J connectivity index is 1.52. The number of aliphatic carboxylic acids is 1. The van der Waals surface area contributed by atoms with Crippen LogP contribution in [-0.4, -0.2) is 58.2 Å². The molecular formula is C22H24N2O4. The highest BCUT2D eigenvalue weighted by Crippen LogP contribution is 2.38. The van der Waals surface area contributed by atoms with Crippen LogP contribution in [0.1, 0.15) is 28.8 Å². The first kappa shape index (κ1) is 18.7. The number of piperidine rings is 1. The Hall–Kier alpha value is -2.70. The molecule has 4 rings (SSSR count). The lowest BCUT2D eigenvalue weighted by atomic mass is 9.96. The Morgan fingerprint density at radius 2 is 1.61 bits per heavy atom. The number of benzene rings is 2. The largest absolute Gasteiger partial charge is 0.480 e. The molecule has 1 amide bonds. The van der Waals surface area contributed by atoms with Crippen LogP contribution in [0.3, 0.4) is 0 Å². The molecule has 1 spiro atoms. The Morgan fingerprint density at radius 1 is 1.00 bits per heavy atom. The molecule has 2 aromatic carbocycles. The Labute approximate surface area is 164 Å². The number of nitrogens with zero attached hydrogens (tertiary/aromatic N) is 2. The van der Waals surface area contributed by atoms with Crippen molar-refractivity contribution in [2.45, 2.75) is 31.2 Å². The molecule has 0 bridgehead atoms. The molecule has 2 saturated heterocycles. The van der Waals surface area contributed by atoms with Gasteiger partial charge in [0.1, 0.15) is 5.72 Å². The number of hydrogen-bond acceptors (Lipinski definition) is 4. The third kappa shape index (κ3) is 3.53. The van der Waals surface area contributed by atoms with Crippen LogP contribution in [0.5, 0.6) is 0 Å². The number of hydrogen-bond donors (Lipinski definition) is 1. The van der Waals surface area contributed by atoms with Gasteiger partial charge in [0.05, 0.1) is 6.61 Å². The number of carbonyl (C=O) groups excluding carboxylic acids is 1. The average molecular weight is 380 g/mol. The summed E-state index contributed by atoms with van der Waals surface area (Å²) in [6.45, 7) is 2.37. The number of likely N-dealkylation sites (tertiary alicyclic amines) is 1. The van der Waals surface area contributed by atoms with E-state index in [0.717, 1.165) is 19.6 Å².